The van der Waals surface area contributed by atoms with E-state index in [9.17, 15) is 19.8 Å². The number of carboxylic acid groups (broad SMARTS) is 1. The highest BCUT2D eigenvalue weighted by molar-refractivity contribution is 5.88. The van der Waals surface area contributed by atoms with E-state index in [2.05, 4.69) is 0 Å². The van der Waals surface area contributed by atoms with Gasteiger partial charge in [0.15, 0.2) is 0 Å². The normalized spacial score (nSPS) is 12.7. The van der Waals surface area contributed by atoms with Crippen LogP contribution in [0, 0.1) is 0 Å². The number of carbonyl (C=O) groups is 2. The largest absolute Gasteiger partial charge is 0.481 e. The number of amides is 1. The number of carbonyl (C=O) groups excluding carboxylic acids is 1. The van der Waals surface area contributed by atoms with Gasteiger partial charge in [0.1, 0.15) is 0 Å². The molecule has 0 saturated heterocycles. The van der Waals surface area contributed by atoms with Crippen LogP contribution in [0.25, 0.3) is 0 Å². The third-order valence-corrected chi connectivity index (χ3v) is 5.09. The minimum absolute atomic E-state index is 0.267. The van der Waals surface area contributed by atoms with Crippen LogP contribution in [0.5, 0.6) is 0 Å². The molecule has 2 N–H and O–H groups in total. The summed E-state index contributed by atoms with van der Waals surface area (Å²) in [7, 11) is 0. The molecular weight excluding hydrogens is 378 g/mol. The zero-order chi connectivity index (χ0) is 21.3. The molecule has 2 atom stereocenters. The lowest BCUT2D eigenvalue weighted by Crippen LogP contribution is -2.40. The molecule has 0 aliphatic rings. The Labute approximate surface area is 176 Å². The van der Waals surface area contributed by atoms with Crippen LogP contribution in [0.2, 0.25) is 0 Å². The van der Waals surface area contributed by atoms with Gasteiger partial charge in [-0.05, 0) is 16.7 Å². The molecule has 0 radical (unpaired) electrons. The number of aliphatic hydroxyl groups is 1. The second kappa shape index (κ2) is 10.4. The monoisotopic (exact) mass is 403 g/mol. The molecule has 0 unspecified atom stereocenters. The van der Waals surface area contributed by atoms with Crippen LogP contribution in [0.3, 0.4) is 0 Å². The van der Waals surface area contributed by atoms with E-state index in [1.54, 1.807) is 29.2 Å². The molecule has 3 aromatic rings. The Morgan fingerprint density at radius 3 is 1.77 bits per heavy atom. The summed E-state index contributed by atoms with van der Waals surface area (Å²) in [6.45, 7) is -0.0000844. The van der Waals surface area contributed by atoms with E-state index in [4.69, 9.17) is 0 Å². The first-order valence-electron chi connectivity index (χ1n) is 9.87. The molecule has 3 rings (SSSR count). The van der Waals surface area contributed by atoms with Gasteiger partial charge in [-0.3, -0.25) is 9.59 Å². The Bertz CT molecular complexity index is 945. The molecule has 3 aromatic carbocycles. The van der Waals surface area contributed by atoms with Crippen molar-refractivity contribution in [3.63, 3.8) is 0 Å². The van der Waals surface area contributed by atoms with Crippen molar-refractivity contribution < 1.29 is 19.8 Å². The summed E-state index contributed by atoms with van der Waals surface area (Å²) in [5.41, 5.74) is 2.35. The predicted octanol–water partition coefficient (Wildman–Crippen LogP) is 4.01. The summed E-state index contributed by atoms with van der Waals surface area (Å²) in [6, 6.07) is 27.2. The fourth-order valence-corrected chi connectivity index (χ4v) is 3.59. The number of aliphatic hydroxyl groups excluding tert-OH is 1. The van der Waals surface area contributed by atoms with Crippen molar-refractivity contribution in [2.75, 3.05) is 6.61 Å². The molecule has 0 bridgehead atoms. The number of rotatable bonds is 9. The Morgan fingerprint density at radius 2 is 1.27 bits per heavy atom. The van der Waals surface area contributed by atoms with Crippen LogP contribution in [-0.4, -0.2) is 33.6 Å². The van der Waals surface area contributed by atoms with Gasteiger partial charge in [-0.25, -0.2) is 0 Å². The van der Waals surface area contributed by atoms with Crippen LogP contribution in [0.4, 0.5) is 0 Å². The Hall–Kier alpha value is -3.44. The molecule has 154 valence electrons. The summed E-state index contributed by atoms with van der Waals surface area (Å²) in [4.78, 5) is 26.9. The van der Waals surface area contributed by atoms with Gasteiger partial charge in [-0.2, -0.15) is 0 Å². The lowest BCUT2D eigenvalue weighted by molar-refractivity contribution is -0.144. The van der Waals surface area contributed by atoms with E-state index < -0.39 is 17.9 Å². The highest BCUT2D eigenvalue weighted by atomic mass is 16.4. The van der Waals surface area contributed by atoms with E-state index in [0.717, 1.165) is 11.1 Å². The second-order valence-corrected chi connectivity index (χ2v) is 7.12. The Kier molecular flexibility index (Phi) is 7.35. The molecule has 5 heteroatoms. The van der Waals surface area contributed by atoms with Gasteiger partial charge in [0, 0.05) is 6.54 Å². The van der Waals surface area contributed by atoms with Gasteiger partial charge in [0.25, 0.3) is 0 Å². The van der Waals surface area contributed by atoms with Crippen LogP contribution in [-0.2, 0) is 16.1 Å². The van der Waals surface area contributed by atoms with Crippen molar-refractivity contribution in [1.29, 1.82) is 0 Å². The van der Waals surface area contributed by atoms with E-state index in [0.29, 0.717) is 5.56 Å². The summed E-state index contributed by atoms with van der Waals surface area (Å²) in [5, 5.41) is 19.7. The van der Waals surface area contributed by atoms with Gasteiger partial charge in [-0.15, -0.1) is 0 Å². The highest BCUT2D eigenvalue weighted by Gasteiger charge is 2.32. The summed E-state index contributed by atoms with van der Waals surface area (Å²) >= 11 is 0. The topological polar surface area (TPSA) is 77.8 Å². The second-order valence-electron chi connectivity index (χ2n) is 7.12. The fraction of sp³-hybridized carbons (Fsp3) is 0.200. The van der Waals surface area contributed by atoms with Crippen molar-refractivity contribution >= 4 is 11.9 Å². The molecule has 0 saturated carbocycles. The van der Waals surface area contributed by atoms with Crippen molar-refractivity contribution in [3.05, 3.63) is 108 Å². The molecule has 0 aliphatic heterocycles. The maximum Gasteiger partial charge on any atom is 0.304 e. The quantitative estimate of drug-likeness (QED) is 0.566. The van der Waals surface area contributed by atoms with Gasteiger partial charge in [0.05, 0.1) is 25.0 Å². The molecule has 30 heavy (non-hydrogen) atoms. The lowest BCUT2D eigenvalue weighted by Gasteiger charge is -2.34. The van der Waals surface area contributed by atoms with Crippen LogP contribution >= 0.6 is 0 Å². The SMILES string of the molecule is O=C(O)C[C@@H](C(=O)N(Cc1ccccc1)[C@@H](CO)c1ccccc1)c1ccccc1. The van der Waals surface area contributed by atoms with E-state index >= 15 is 0 Å². The summed E-state index contributed by atoms with van der Waals surface area (Å²) in [6.07, 6.45) is -0.318. The molecule has 0 aliphatic carbocycles. The van der Waals surface area contributed by atoms with Gasteiger partial charge < -0.3 is 15.1 Å². The first-order valence-corrected chi connectivity index (χ1v) is 9.87. The minimum atomic E-state index is -1.04. The van der Waals surface area contributed by atoms with Gasteiger partial charge in [-0.1, -0.05) is 91.0 Å². The van der Waals surface area contributed by atoms with E-state index in [-0.39, 0.29) is 25.5 Å². The number of nitrogens with zero attached hydrogens (tertiary/aromatic N) is 1. The fourth-order valence-electron chi connectivity index (χ4n) is 3.59. The predicted molar refractivity (Wildman–Crippen MR) is 115 cm³/mol. The van der Waals surface area contributed by atoms with E-state index in [1.807, 2.05) is 66.7 Å². The average molecular weight is 403 g/mol. The van der Waals surface area contributed by atoms with Crippen LogP contribution in [0.15, 0.2) is 91.0 Å². The van der Waals surface area contributed by atoms with Gasteiger partial charge in [0.2, 0.25) is 5.91 Å². The maximum absolute atomic E-state index is 13.7. The third-order valence-electron chi connectivity index (χ3n) is 5.09. The molecule has 0 spiro atoms. The first kappa shape index (κ1) is 21.3. The average Bonchev–Trinajstić information content (AvgIpc) is 2.79. The maximum atomic E-state index is 13.7. The zero-order valence-electron chi connectivity index (χ0n) is 16.6. The zero-order valence-corrected chi connectivity index (χ0v) is 16.6. The van der Waals surface area contributed by atoms with Crippen LogP contribution in [0.1, 0.15) is 35.1 Å². The molecule has 0 aromatic heterocycles. The first-order chi connectivity index (χ1) is 14.6. The molecule has 0 fully saturated rings. The smallest absolute Gasteiger partial charge is 0.304 e. The number of aliphatic carboxylic acids is 1. The Balaban J connectivity index is 2.02. The van der Waals surface area contributed by atoms with Gasteiger partial charge >= 0.3 is 5.97 Å². The number of hydrogen-bond acceptors (Lipinski definition) is 3. The number of hydrogen-bond donors (Lipinski definition) is 2. The molecular formula is C25H25NO4. The van der Waals surface area contributed by atoms with Crippen molar-refractivity contribution in [3.8, 4) is 0 Å². The summed E-state index contributed by atoms with van der Waals surface area (Å²) < 4.78 is 0. The summed E-state index contributed by atoms with van der Waals surface area (Å²) in [5.74, 6) is -2.21. The molecule has 0 heterocycles. The van der Waals surface area contributed by atoms with Crippen molar-refractivity contribution in [2.24, 2.45) is 0 Å². The standard InChI is InChI=1S/C25H25NO4/c27-18-23(21-14-8-3-9-15-21)26(17-19-10-4-1-5-11-19)25(30)22(16-24(28)29)20-12-6-2-7-13-20/h1-15,22-23,27H,16-18H2,(H,28,29)/t22-,23+/m1/s1. The minimum Gasteiger partial charge on any atom is -0.481 e. The molecule has 1 amide bonds. The lowest BCUT2D eigenvalue weighted by atomic mass is 9.92. The van der Waals surface area contributed by atoms with Crippen LogP contribution < -0.4 is 0 Å². The molecule has 5 nitrogen and oxygen atoms in total. The Morgan fingerprint density at radius 1 is 0.767 bits per heavy atom. The van der Waals surface area contributed by atoms with Crippen molar-refractivity contribution in [2.45, 2.75) is 24.9 Å². The highest BCUT2D eigenvalue weighted by Crippen LogP contribution is 2.30. The number of benzene rings is 3. The third kappa shape index (κ3) is 5.33. The van der Waals surface area contributed by atoms with Crippen molar-refractivity contribution in [1.82, 2.24) is 4.90 Å². The number of carboxylic acids is 1. The van der Waals surface area contributed by atoms with E-state index in [1.165, 1.54) is 0 Å².